The Labute approximate surface area is 119 Å². The predicted molar refractivity (Wildman–Crippen MR) is 78.7 cm³/mol. The molecule has 94 valence electrons. The Morgan fingerprint density at radius 1 is 1.24 bits per heavy atom. The summed E-state index contributed by atoms with van der Waals surface area (Å²) in [5.41, 5.74) is 0.546. The van der Waals surface area contributed by atoms with Gasteiger partial charge in [-0.15, -0.1) is 0 Å². The fourth-order valence-corrected chi connectivity index (χ4v) is 2.76. The molecule has 0 spiro atoms. The molecule has 1 aromatic carbocycles. The van der Waals surface area contributed by atoms with E-state index in [1.807, 2.05) is 24.3 Å². The average molecular weight is 363 g/mol. The van der Waals surface area contributed by atoms with Gasteiger partial charge in [0.05, 0.1) is 0 Å². The Hall–Kier alpha value is -0.350. The zero-order valence-corrected chi connectivity index (χ0v) is 13.3. The second-order valence-electron chi connectivity index (χ2n) is 4.08. The second kappa shape index (κ2) is 6.55. The first-order valence-corrected chi connectivity index (χ1v) is 7.62. The molecule has 1 rings (SSSR count). The fraction of sp³-hybridized carbons (Fsp3) is 0.462. The monoisotopic (exact) mass is 361 g/mol. The van der Waals surface area contributed by atoms with Gasteiger partial charge in [0.25, 0.3) is 5.91 Å². The van der Waals surface area contributed by atoms with E-state index in [9.17, 15) is 4.79 Å². The molecule has 2 nitrogen and oxygen atoms in total. The first-order chi connectivity index (χ1) is 8.06. The molecule has 0 fully saturated rings. The minimum atomic E-state index is -0.149. The summed E-state index contributed by atoms with van der Waals surface area (Å²) in [6, 6.07) is 7.40. The number of amides is 1. The van der Waals surface area contributed by atoms with Gasteiger partial charge in [0.15, 0.2) is 0 Å². The molecule has 4 heteroatoms. The van der Waals surface area contributed by atoms with Crippen molar-refractivity contribution in [2.24, 2.45) is 0 Å². The SMILES string of the molecule is CCC(CC)(CBr)NC(=O)c1ccc(Br)cc1. The van der Waals surface area contributed by atoms with E-state index in [4.69, 9.17) is 0 Å². The van der Waals surface area contributed by atoms with Crippen molar-refractivity contribution in [2.45, 2.75) is 32.2 Å². The van der Waals surface area contributed by atoms with E-state index in [0.717, 1.165) is 22.6 Å². The van der Waals surface area contributed by atoms with Crippen molar-refractivity contribution in [3.63, 3.8) is 0 Å². The van der Waals surface area contributed by atoms with Crippen LogP contribution >= 0.6 is 31.9 Å². The molecule has 0 atom stereocenters. The van der Waals surface area contributed by atoms with Crippen LogP contribution in [-0.4, -0.2) is 16.8 Å². The van der Waals surface area contributed by atoms with Crippen LogP contribution in [0.25, 0.3) is 0 Å². The molecule has 0 aliphatic rings. The standard InChI is InChI=1S/C13H17Br2NO/c1-3-13(4-2,9-14)16-12(17)10-5-7-11(15)8-6-10/h5-8H,3-4,9H2,1-2H3,(H,16,17). The Kier molecular flexibility index (Phi) is 5.67. The molecule has 0 saturated heterocycles. The molecule has 1 aromatic rings. The van der Waals surface area contributed by atoms with E-state index in [2.05, 4.69) is 51.0 Å². The van der Waals surface area contributed by atoms with E-state index in [0.29, 0.717) is 5.56 Å². The van der Waals surface area contributed by atoms with Crippen LogP contribution in [0.3, 0.4) is 0 Å². The molecule has 0 aromatic heterocycles. The van der Waals surface area contributed by atoms with E-state index >= 15 is 0 Å². The molecule has 1 amide bonds. The number of hydrogen-bond donors (Lipinski definition) is 1. The number of hydrogen-bond acceptors (Lipinski definition) is 1. The van der Waals surface area contributed by atoms with Gasteiger partial charge >= 0.3 is 0 Å². The van der Waals surface area contributed by atoms with Crippen LogP contribution in [-0.2, 0) is 0 Å². The summed E-state index contributed by atoms with van der Waals surface area (Å²) >= 11 is 6.84. The molecule has 0 aliphatic heterocycles. The summed E-state index contributed by atoms with van der Waals surface area (Å²) in [5, 5.41) is 3.89. The molecule has 0 unspecified atom stereocenters. The lowest BCUT2D eigenvalue weighted by atomic mass is 9.95. The van der Waals surface area contributed by atoms with Crippen molar-refractivity contribution in [3.8, 4) is 0 Å². The topological polar surface area (TPSA) is 29.1 Å². The Morgan fingerprint density at radius 3 is 2.18 bits per heavy atom. The van der Waals surface area contributed by atoms with Gasteiger partial charge in [0.1, 0.15) is 0 Å². The summed E-state index contributed by atoms with van der Waals surface area (Å²) in [7, 11) is 0. The summed E-state index contributed by atoms with van der Waals surface area (Å²) in [6.45, 7) is 4.18. The normalized spacial score (nSPS) is 11.3. The Balaban J connectivity index is 2.81. The van der Waals surface area contributed by atoms with Gasteiger partial charge in [-0.1, -0.05) is 45.7 Å². The quantitative estimate of drug-likeness (QED) is 0.784. The highest BCUT2D eigenvalue weighted by Crippen LogP contribution is 2.19. The van der Waals surface area contributed by atoms with Gasteiger partial charge < -0.3 is 5.32 Å². The lowest BCUT2D eigenvalue weighted by Crippen LogP contribution is -2.49. The van der Waals surface area contributed by atoms with Gasteiger partial charge in [-0.3, -0.25) is 4.79 Å². The molecule has 0 saturated carbocycles. The summed E-state index contributed by atoms with van der Waals surface area (Å²) in [5.74, 6) is -0.0133. The highest BCUT2D eigenvalue weighted by molar-refractivity contribution is 9.10. The number of carbonyl (C=O) groups is 1. The van der Waals surface area contributed by atoms with Crippen LogP contribution < -0.4 is 5.32 Å². The summed E-state index contributed by atoms with van der Waals surface area (Å²) in [4.78, 5) is 12.1. The van der Waals surface area contributed by atoms with Crippen LogP contribution in [0.4, 0.5) is 0 Å². The third-order valence-electron chi connectivity index (χ3n) is 3.09. The third-order valence-corrected chi connectivity index (χ3v) is 4.70. The highest BCUT2D eigenvalue weighted by Gasteiger charge is 2.26. The van der Waals surface area contributed by atoms with Crippen LogP contribution in [0.1, 0.15) is 37.0 Å². The number of rotatable bonds is 5. The Morgan fingerprint density at radius 2 is 1.76 bits per heavy atom. The van der Waals surface area contributed by atoms with Crippen molar-refractivity contribution >= 4 is 37.8 Å². The first kappa shape index (κ1) is 14.7. The van der Waals surface area contributed by atoms with Crippen molar-refractivity contribution in [1.29, 1.82) is 0 Å². The van der Waals surface area contributed by atoms with Crippen molar-refractivity contribution < 1.29 is 4.79 Å². The molecule has 0 heterocycles. The zero-order valence-electron chi connectivity index (χ0n) is 10.1. The van der Waals surface area contributed by atoms with E-state index in [-0.39, 0.29) is 11.4 Å². The molecule has 0 bridgehead atoms. The second-order valence-corrected chi connectivity index (χ2v) is 5.56. The van der Waals surface area contributed by atoms with Gasteiger partial charge in [-0.2, -0.15) is 0 Å². The maximum atomic E-state index is 12.1. The number of carbonyl (C=O) groups excluding carboxylic acids is 1. The first-order valence-electron chi connectivity index (χ1n) is 5.71. The van der Waals surface area contributed by atoms with Crippen LogP contribution in [0, 0.1) is 0 Å². The molecule has 0 aliphatic carbocycles. The summed E-state index contributed by atoms with van der Waals surface area (Å²) in [6.07, 6.45) is 1.83. The van der Waals surface area contributed by atoms with E-state index in [1.165, 1.54) is 0 Å². The maximum Gasteiger partial charge on any atom is 0.251 e. The number of halogens is 2. The zero-order chi connectivity index (χ0) is 12.9. The smallest absolute Gasteiger partial charge is 0.251 e. The van der Waals surface area contributed by atoms with Crippen molar-refractivity contribution in [3.05, 3.63) is 34.3 Å². The van der Waals surface area contributed by atoms with Gasteiger partial charge in [-0.25, -0.2) is 0 Å². The minimum absolute atomic E-state index is 0.0133. The molecule has 1 N–H and O–H groups in total. The predicted octanol–water partition coefficient (Wildman–Crippen LogP) is 4.13. The van der Waals surface area contributed by atoms with Crippen LogP contribution in [0.15, 0.2) is 28.7 Å². The number of nitrogens with one attached hydrogen (secondary N) is 1. The van der Waals surface area contributed by atoms with E-state index in [1.54, 1.807) is 0 Å². The van der Waals surface area contributed by atoms with Gasteiger partial charge in [0.2, 0.25) is 0 Å². The minimum Gasteiger partial charge on any atom is -0.346 e. The molecule has 17 heavy (non-hydrogen) atoms. The lowest BCUT2D eigenvalue weighted by molar-refractivity contribution is 0.0903. The average Bonchev–Trinajstić information content (AvgIpc) is 2.37. The largest absolute Gasteiger partial charge is 0.346 e. The van der Waals surface area contributed by atoms with Gasteiger partial charge in [-0.05, 0) is 37.1 Å². The van der Waals surface area contributed by atoms with Crippen molar-refractivity contribution in [2.75, 3.05) is 5.33 Å². The van der Waals surface area contributed by atoms with Crippen molar-refractivity contribution in [1.82, 2.24) is 5.32 Å². The highest BCUT2D eigenvalue weighted by atomic mass is 79.9. The number of benzene rings is 1. The molecule has 0 radical (unpaired) electrons. The lowest BCUT2D eigenvalue weighted by Gasteiger charge is -2.30. The van der Waals surface area contributed by atoms with Crippen LogP contribution in [0.5, 0.6) is 0 Å². The maximum absolute atomic E-state index is 12.1. The van der Waals surface area contributed by atoms with Gasteiger partial charge in [0, 0.05) is 20.9 Å². The number of alkyl halides is 1. The fourth-order valence-electron chi connectivity index (χ4n) is 1.56. The molecular formula is C13H17Br2NO. The van der Waals surface area contributed by atoms with Crippen LogP contribution in [0.2, 0.25) is 0 Å². The third kappa shape index (κ3) is 3.81. The Bertz CT molecular complexity index is 363. The summed E-state index contributed by atoms with van der Waals surface area (Å²) < 4.78 is 0.979. The molecular weight excluding hydrogens is 346 g/mol. The van der Waals surface area contributed by atoms with E-state index < -0.39 is 0 Å².